The van der Waals surface area contributed by atoms with Crippen LogP contribution >= 0.6 is 0 Å². The fraction of sp³-hybridized carbons (Fsp3) is 0. The van der Waals surface area contributed by atoms with E-state index in [-0.39, 0.29) is 16.8 Å². The second-order valence-electron chi connectivity index (χ2n) is 0.378. The number of hydrogen-bond donors (Lipinski definition) is 0. The van der Waals surface area contributed by atoms with Crippen molar-refractivity contribution in [2.75, 3.05) is 0 Å². The SMILES string of the molecule is [Co+2].[O-][Br+2]([O-])[O-].[O-][Br+2]([O-])[O-]. The third-order valence-electron chi connectivity index (χ3n) is 0. The molecule has 1 radical (unpaired) electrons. The van der Waals surface area contributed by atoms with Gasteiger partial charge in [-0.2, -0.15) is 0 Å². The third-order valence-corrected chi connectivity index (χ3v) is 0. The van der Waals surface area contributed by atoms with Crippen LogP contribution in [0.1, 0.15) is 0 Å². The summed E-state index contributed by atoms with van der Waals surface area (Å²) < 4.78 is 51.1. The zero-order valence-electron chi connectivity index (χ0n) is 3.54. The monoisotopic (exact) mass is 313 g/mol. The van der Waals surface area contributed by atoms with Crippen molar-refractivity contribution in [3.8, 4) is 0 Å². The molecule has 0 fully saturated rings. The largest absolute Gasteiger partial charge is 2.00 e. The average Bonchev–Trinajstić information content (AvgIpc) is 1.25. The van der Waals surface area contributed by atoms with Crippen molar-refractivity contribution in [1.82, 2.24) is 0 Å². The number of halogens is 2. The van der Waals surface area contributed by atoms with Gasteiger partial charge < -0.3 is 25.2 Å². The molecule has 0 atom stereocenters. The molecule has 0 aromatic rings. The van der Waals surface area contributed by atoms with Gasteiger partial charge in [-0.05, 0) is 0 Å². The molecule has 0 aliphatic heterocycles. The van der Waals surface area contributed by atoms with Crippen LogP contribution in [-0.2, 0) is 16.8 Å². The van der Waals surface area contributed by atoms with Crippen molar-refractivity contribution in [1.29, 1.82) is 0 Å². The minimum atomic E-state index is -3.65. The number of rotatable bonds is 0. The Morgan fingerprint density at radius 1 is 0.556 bits per heavy atom. The fourth-order valence-corrected chi connectivity index (χ4v) is 0. The first-order valence-corrected chi connectivity index (χ1v) is 4.81. The van der Waals surface area contributed by atoms with Crippen LogP contribution in [0.5, 0.6) is 0 Å². The van der Waals surface area contributed by atoms with Crippen LogP contribution in [0.4, 0.5) is 0 Å². The van der Waals surface area contributed by atoms with Gasteiger partial charge in [0.15, 0.2) is 0 Å². The Labute approximate surface area is 71.6 Å². The Bertz CT molecular complexity index is 26.5. The molecule has 0 rings (SSSR count). The quantitative estimate of drug-likeness (QED) is 0.435. The molecule has 0 aromatic heterocycles. The second kappa shape index (κ2) is 12.0. The maximum Gasteiger partial charge on any atom is 2.00 e. The Morgan fingerprint density at radius 2 is 0.556 bits per heavy atom. The Kier molecular flexibility index (Phi) is 22.1. The summed E-state index contributed by atoms with van der Waals surface area (Å²) in [6.45, 7) is 0. The summed E-state index contributed by atoms with van der Waals surface area (Å²) >= 11 is -7.29. The molecule has 0 aliphatic rings. The first-order chi connectivity index (χ1) is 3.46. The van der Waals surface area contributed by atoms with E-state index in [9.17, 15) is 0 Å². The summed E-state index contributed by atoms with van der Waals surface area (Å²) in [4.78, 5) is 0. The van der Waals surface area contributed by atoms with Crippen molar-refractivity contribution >= 4 is 0 Å². The first kappa shape index (κ1) is 16.7. The molecule has 0 bridgehead atoms. The summed E-state index contributed by atoms with van der Waals surface area (Å²) in [5, 5.41) is 0. The van der Waals surface area contributed by atoms with Crippen LogP contribution in [0.2, 0.25) is 0 Å². The predicted molar refractivity (Wildman–Crippen MR) is 0 cm³/mol. The maximum absolute atomic E-state index is 8.52. The van der Waals surface area contributed by atoms with E-state index in [1.807, 2.05) is 0 Å². The van der Waals surface area contributed by atoms with Gasteiger partial charge in [-0.25, -0.2) is 0 Å². The summed E-state index contributed by atoms with van der Waals surface area (Å²) in [5.74, 6) is 0. The molecule has 59 valence electrons. The molecular formula is Br2CoO6. The Hall–Kier alpha value is 1.23. The van der Waals surface area contributed by atoms with Gasteiger partial charge in [0.2, 0.25) is 29.6 Å². The standard InChI is InChI=1S/2BrO3.Co/c2*2-1(3)4;/q2*-1;+2. The van der Waals surface area contributed by atoms with E-state index in [0.717, 1.165) is 0 Å². The van der Waals surface area contributed by atoms with Crippen LogP contribution in [-0.4, -0.2) is 0 Å². The summed E-state index contributed by atoms with van der Waals surface area (Å²) in [5.41, 5.74) is 0. The Balaban J connectivity index is -0.0000000720. The molecule has 0 unspecified atom stereocenters. The molecule has 9 heavy (non-hydrogen) atoms. The summed E-state index contributed by atoms with van der Waals surface area (Å²) in [6, 6.07) is 0. The van der Waals surface area contributed by atoms with E-state index in [2.05, 4.69) is 0 Å². The van der Waals surface area contributed by atoms with Crippen molar-refractivity contribution in [2.45, 2.75) is 0 Å². The van der Waals surface area contributed by atoms with Gasteiger partial charge in [-0.3, -0.25) is 0 Å². The zero-order chi connectivity index (χ0) is 7.15. The van der Waals surface area contributed by atoms with Crippen LogP contribution in [0, 0.1) is 29.6 Å². The third kappa shape index (κ3) is 320. The fourth-order valence-electron chi connectivity index (χ4n) is 0. The molecule has 0 N–H and O–H groups in total. The summed E-state index contributed by atoms with van der Waals surface area (Å²) in [7, 11) is 0. The van der Waals surface area contributed by atoms with E-state index < -0.39 is 29.6 Å². The molecule has 6 nitrogen and oxygen atoms in total. The molecule has 0 saturated carbocycles. The van der Waals surface area contributed by atoms with Gasteiger partial charge in [0.1, 0.15) is 0 Å². The van der Waals surface area contributed by atoms with E-state index in [1.165, 1.54) is 0 Å². The predicted octanol–water partition coefficient (Wildman–Crippen LogP) is -7.14. The molecule has 9 heteroatoms. The summed E-state index contributed by atoms with van der Waals surface area (Å²) in [6.07, 6.45) is 0. The Morgan fingerprint density at radius 3 is 0.556 bits per heavy atom. The molecule has 0 amide bonds. The molecule has 0 aromatic carbocycles. The van der Waals surface area contributed by atoms with E-state index >= 15 is 0 Å². The minimum absolute atomic E-state index is 0. The molecule has 0 heterocycles. The van der Waals surface area contributed by atoms with Crippen molar-refractivity contribution < 1.29 is 71.6 Å². The van der Waals surface area contributed by atoms with Gasteiger partial charge in [-0.15, -0.1) is 0 Å². The molecule has 0 spiro atoms. The van der Waals surface area contributed by atoms with E-state index in [1.54, 1.807) is 0 Å². The topological polar surface area (TPSA) is 138 Å². The van der Waals surface area contributed by atoms with Gasteiger partial charge in [0, 0.05) is 0 Å². The van der Waals surface area contributed by atoms with Crippen LogP contribution in [0.15, 0.2) is 0 Å². The van der Waals surface area contributed by atoms with E-state index in [0.29, 0.717) is 0 Å². The van der Waals surface area contributed by atoms with Crippen LogP contribution in [0.3, 0.4) is 0 Å². The van der Waals surface area contributed by atoms with Crippen molar-refractivity contribution in [2.24, 2.45) is 0 Å². The number of hydrogen-bond acceptors (Lipinski definition) is 6. The van der Waals surface area contributed by atoms with Crippen molar-refractivity contribution in [3.63, 3.8) is 0 Å². The van der Waals surface area contributed by atoms with Gasteiger partial charge in [-0.1, -0.05) is 0 Å². The van der Waals surface area contributed by atoms with Gasteiger partial charge in [0.05, 0.1) is 0 Å². The average molecular weight is 315 g/mol. The first-order valence-electron chi connectivity index (χ1n) is 0.926. The molecule has 0 aliphatic carbocycles. The van der Waals surface area contributed by atoms with Crippen LogP contribution < -0.4 is 25.2 Å². The van der Waals surface area contributed by atoms with Gasteiger partial charge >= 0.3 is 16.8 Å². The normalized spacial score (nSPS) is 8.00. The molecule has 0 saturated heterocycles. The second-order valence-corrected chi connectivity index (χ2v) is 1.96. The van der Waals surface area contributed by atoms with E-state index in [4.69, 9.17) is 25.2 Å². The molecular weight excluding hydrogens is 315 g/mol. The van der Waals surface area contributed by atoms with Gasteiger partial charge in [0.25, 0.3) is 0 Å². The maximum atomic E-state index is 8.52. The van der Waals surface area contributed by atoms with Crippen LogP contribution in [0.25, 0.3) is 0 Å². The minimum Gasteiger partial charge on any atom is -0.405 e. The van der Waals surface area contributed by atoms with Crippen molar-refractivity contribution in [3.05, 3.63) is 0 Å². The smallest absolute Gasteiger partial charge is 0.405 e. The zero-order valence-corrected chi connectivity index (χ0v) is 7.75.